The minimum absolute atomic E-state index is 0.575. The molecule has 0 saturated carbocycles. The molecular weight excluding hydrogens is 336 g/mol. The van der Waals surface area contributed by atoms with Gasteiger partial charge in [-0.1, -0.05) is 98.2 Å². The summed E-state index contributed by atoms with van der Waals surface area (Å²) < 4.78 is 0. The molecule has 28 heavy (non-hydrogen) atoms. The fourth-order valence-electron chi connectivity index (χ4n) is 4.57. The van der Waals surface area contributed by atoms with Gasteiger partial charge in [0.2, 0.25) is 0 Å². The quantitative estimate of drug-likeness (QED) is 0.368. The lowest BCUT2D eigenvalue weighted by Crippen LogP contribution is -2.13. The molecule has 0 saturated heterocycles. The molecule has 1 radical (unpaired) electrons. The zero-order valence-corrected chi connectivity index (χ0v) is 19.1. The van der Waals surface area contributed by atoms with Crippen LogP contribution in [0.5, 0.6) is 0 Å². The van der Waals surface area contributed by atoms with Crippen LogP contribution in [0.1, 0.15) is 91.7 Å². The molecule has 0 spiro atoms. The molecule has 0 aliphatic heterocycles. The smallest absolute Gasteiger partial charge is 0.0128 e. The highest BCUT2D eigenvalue weighted by atomic mass is 14.2. The Morgan fingerprint density at radius 3 is 1.71 bits per heavy atom. The van der Waals surface area contributed by atoms with Crippen LogP contribution in [0.25, 0.3) is 0 Å². The number of unbranched alkanes of at least 4 members (excludes halogenated alkanes) is 2. The van der Waals surface area contributed by atoms with Crippen molar-refractivity contribution < 1.29 is 0 Å². The van der Waals surface area contributed by atoms with E-state index in [1.165, 1.54) is 78.3 Å². The minimum Gasteiger partial charge on any atom is -0.0654 e. The van der Waals surface area contributed by atoms with Gasteiger partial charge in [0.1, 0.15) is 0 Å². The van der Waals surface area contributed by atoms with Crippen LogP contribution < -0.4 is 0 Å². The first-order valence-electron chi connectivity index (χ1n) is 11.4. The highest BCUT2D eigenvalue weighted by Gasteiger charge is 2.19. The van der Waals surface area contributed by atoms with Crippen LogP contribution in [0.2, 0.25) is 0 Å². The highest BCUT2D eigenvalue weighted by molar-refractivity contribution is 5.33. The Kier molecular flexibility index (Phi) is 9.29. The number of benzene rings is 2. The summed E-state index contributed by atoms with van der Waals surface area (Å²) in [5.41, 5.74) is 8.59. The van der Waals surface area contributed by atoms with Crippen molar-refractivity contribution in [2.45, 2.75) is 92.4 Å². The molecule has 0 nitrogen and oxygen atoms in total. The minimum atomic E-state index is 0.575. The number of aryl methyl sites for hydroxylation is 4. The van der Waals surface area contributed by atoms with Crippen LogP contribution in [0.4, 0.5) is 0 Å². The molecule has 2 rings (SSSR count). The highest BCUT2D eigenvalue weighted by Crippen LogP contribution is 2.33. The van der Waals surface area contributed by atoms with E-state index in [1.54, 1.807) is 0 Å². The Bertz CT molecular complexity index is 684. The van der Waals surface area contributed by atoms with Gasteiger partial charge in [0.25, 0.3) is 0 Å². The number of hydrogen-bond donors (Lipinski definition) is 0. The molecule has 2 aromatic rings. The van der Waals surface area contributed by atoms with E-state index in [9.17, 15) is 0 Å². The molecular formula is C28H41. The molecule has 0 heteroatoms. The summed E-state index contributed by atoms with van der Waals surface area (Å²) in [4.78, 5) is 0. The van der Waals surface area contributed by atoms with Gasteiger partial charge in [0, 0.05) is 0 Å². The second-order valence-electron chi connectivity index (χ2n) is 8.96. The lowest BCUT2D eigenvalue weighted by molar-refractivity contribution is 0.472. The Morgan fingerprint density at radius 1 is 0.679 bits per heavy atom. The van der Waals surface area contributed by atoms with Gasteiger partial charge in [-0.3, -0.25) is 0 Å². The fraction of sp³-hybridized carbons (Fsp3) is 0.536. The summed E-state index contributed by atoms with van der Waals surface area (Å²) in [5.74, 6) is 1.23. The Labute approximate surface area is 174 Å². The van der Waals surface area contributed by atoms with E-state index in [1.807, 2.05) is 0 Å². The maximum absolute atomic E-state index is 2.71. The van der Waals surface area contributed by atoms with Crippen LogP contribution in [-0.2, 0) is 6.42 Å². The molecule has 0 heterocycles. The van der Waals surface area contributed by atoms with Crippen LogP contribution in [0.15, 0.2) is 36.4 Å². The molecule has 153 valence electrons. The van der Waals surface area contributed by atoms with Crippen molar-refractivity contribution in [1.82, 2.24) is 0 Å². The second kappa shape index (κ2) is 11.4. The molecule has 0 bridgehead atoms. The van der Waals surface area contributed by atoms with E-state index in [4.69, 9.17) is 0 Å². The molecule has 0 aliphatic carbocycles. The number of rotatable bonds is 11. The summed E-state index contributed by atoms with van der Waals surface area (Å²) in [6.45, 7) is 13.5. The van der Waals surface area contributed by atoms with E-state index < -0.39 is 0 Å². The monoisotopic (exact) mass is 377 g/mol. The molecule has 2 atom stereocenters. The van der Waals surface area contributed by atoms with Crippen molar-refractivity contribution in [1.29, 1.82) is 0 Å². The first-order valence-corrected chi connectivity index (χ1v) is 11.4. The van der Waals surface area contributed by atoms with Crippen molar-refractivity contribution in [2.75, 3.05) is 0 Å². The first-order chi connectivity index (χ1) is 13.4. The third kappa shape index (κ3) is 7.46. The van der Waals surface area contributed by atoms with E-state index >= 15 is 0 Å². The fourth-order valence-corrected chi connectivity index (χ4v) is 4.57. The zero-order chi connectivity index (χ0) is 20.5. The van der Waals surface area contributed by atoms with Gasteiger partial charge in [-0.2, -0.15) is 0 Å². The van der Waals surface area contributed by atoms with Crippen molar-refractivity contribution in [2.24, 2.45) is 5.92 Å². The Hall–Kier alpha value is -1.56. The SMILES string of the molecule is CCCCC([CH]C(CCCC)c1cc(C)cc(C)c1)Cc1cc(C)cc(C)c1. The topological polar surface area (TPSA) is 0 Å². The molecule has 2 aromatic carbocycles. The van der Waals surface area contributed by atoms with Gasteiger partial charge in [-0.05, 0) is 76.3 Å². The standard InChI is InChI=1S/C28H41/c1-7-9-11-25(19-26-15-21(3)13-22(4)16-26)20-27(12-10-8-2)28-17-23(5)14-24(6)18-28/h13-18,20,25,27H,7-12,19H2,1-6H3. The predicted molar refractivity (Wildman–Crippen MR) is 125 cm³/mol. The van der Waals surface area contributed by atoms with E-state index in [2.05, 4.69) is 84.4 Å². The molecule has 0 amide bonds. The Morgan fingerprint density at radius 2 is 1.18 bits per heavy atom. The van der Waals surface area contributed by atoms with Gasteiger partial charge in [-0.25, -0.2) is 0 Å². The van der Waals surface area contributed by atoms with Crippen LogP contribution in [0, 0.1) is 40.0 Å². The maximum atomic E-state index is 2.71. The van der Waals surface area contributed by atoms with Crippen molar-refractivity contribution in [3.8, 4) is 0 Å². The summed E-state index contributed by atoms with van der Waals surface area (Å²) in [5, 5.41) is 0. The van der Waals surface area contributed by atoms with Crippen molar-refractivity contribution in [3.63, 3.8) is 0 Å². The molecule has 0 N–H and O–H groups in total. The summed E-state index contributed by atoms with van der Waals surface area (Å²) >= 11 is 0. The van der Waals surface area contributed by atoms with Gasteiger partial charge in [0.15, 0.2) is 0 Å². The Balaban J connectivity index is 2.23. The van der Waals surface area contributed by atoms with Crippen LogP contribution in [0.3, 0.4) is 0 Å². The van der Waals surface area contributed by atoms with Crippen molar-refractivity contribution in [3.05, 3.63) is 76.2 Å². The molecule has 0 aliphatic rings. The predicted octanol–water partition coefficient (Wildman–Crippen LogP) is 8.45. The first kappa shape index (κ1) is 22.7. The van der Waals surface area contributed by atoms with E-state index in [0.717, 1.165) is 0 Å². The average Bonchev–Trinajstić information content (AvgIpc) is 2.61. The summed E-state index contributed by atoms with van der Waals surface area (Å²) in [6, 6.07) is 14.2. The lowest BCUT2D eigenvalue weighted by atomic mass is 9.80. The third-order valence-electron chi connectivity index (χ3n) is 5.75. The van der Waals surface area contributed by atoms with Gasteiger partial charge in [0.05, 0.1) is 0 Å². The van der Waals surface area contributed by atoms with Crippen molar-refractivity contribution >= 4 is 0 Å². The summed E-state index contributed by atoms with van der Waals surface area (Å²) in [6.07, 6.45) is 11.6. The maximum Gasteiger partial charge on any atom is -0.0128 e. The molecule has 0 fully saturated rings. The van der Waals surface area contributed by atoms with E-state index in [0.29, 0.717) is 11.8 Å². The largest absolute Gasteiger partial charge is 0.0654 e. The lowest BCUT2D eigenvalue weighted by Gasteiger charge is -2.25. The zero-order valence-electron chi connectivity index (χ0n) is 19.1. The number of hydrogen-bond acceptors (Lipinski definition) is 0. The molecule has 2 unspecified atom stereocenters. The van der Waals surface area contributed by atoms with E-state index in [-0.39, 0.29) is 0 Å². The van der Waals surface area contributed by atoms with Crippen LogP contribution in [-0.4, -0.2) is 0 Å². The molecule has 0 aromatic heterocycles. The normalized spacial score (nSPS) is 13.5. The van der Waals surface area contributed by atoms with Gasteiger partial charge < -0.3 is 0 Å². The second-order valence-corrected chi connectivity index (χ2v) is 8.96. The van der Waals surface area contributed by atoms with Crippen LogP contribution >= 0.6 is 0 Å². The third-order valence-corrected chi connectivity index (χ3v) is 5.75. The van der Waals surface area contributed by atoms with Gasteiger partial charge in [-0.15, -0.1) is 0 Å². The average molecular weight is 378 g/mol. The van der Waals surface area contributed by atoms with Gasteiger partial charge >= 0.3 is 0 Å². The summed E-state index contributed by atoms with van der Waals surface area (Å²) in [7, 11) is 0.